The van der Waals surface area contributed by atoms with Gasteiger partial charge in [-0.25, -0.2) is 0 Å². The van der Waals surface area contributed by atoms with Crippen LogP contribution in [0.5, 0.6) is 17.2 Å². The van der Waals surface area contributed by atoms with E-state index in [4.69, 9.17) is 18.9 Å². The Kier molecular flexibility index (Phi) is 14.0. The predicted molar refractivity (Wildman–Crippen MR) is 210 cm³/mol. The number of aryl methyl sites for hydroxylation is 2. The molecule has 278 valence electrons. The summed E-state index contributed by atoms with van der Waals surface area (Å²) >= 11 is 0. The van der Waals surface area contributed by atoms with Crippen molar-refractivity contribution in [1.82, 2.24) is 10.2 Å². The van der Waals surface area contributed by atoms with Gasteiger partial charge in [0.2, 0.25) is 5.91 Å². The van der Waals surface area contributed by atoms with Crippen LogP contribution in [0.1, 0.15) is 66.3 Å². The summed E-state index contributed by atoms with van der Waals surface area (Å²) in [5, 5.41) is 3.22. The predicted octanol–water partition coefficient (Wildman–Crippen LogP) is 7.99. The smallest absolute Gasteiger partial charge is 0.220 e. The van der Waals surface area contributed by atoms with Gasteiger partial charge in [0.25, 0.3) is 0 Å². The molecule has 4 aromatic rings. The number of hydrogen-bond donors (Lipinski definition) is 1. The van der Waals surface area contributed by atoms with Gasteiger partial charge < -0.3 is 24.3 Å². The molecule has 8 heteroatoms. The number of ether oxygens (including phenoxy) is 4. The Balaban J connectivity index is 0.00000523. The number of rotatable bonds is 16. The lowest BCUT2D eigenvalue weighted by atomic mass is 9.68. The molecule has 1 saturated heterocycles. The summed E-state index contributed by atoms with van der Waals surface area (Å²) in [6, 6.07) is 34.3. The molecule has 1 heterocycles. The summed E-state index contributed by atoms with van der Waals surface area (Å²) in [5.74, 6) is 2.52. The standard InChI is InChI=1S/C44H54N2O5.ClH/c1-48-39-19-16-34(17-20-39)18-21-42(47)45-26-10-23-44(37-12-6-4-7-13-37,38-14-8-5-9-15-38)24-11-27-46-28-29-51-33-43(46)25-22-35-30-40(49-2)41(50-3)31-36(35)32-43;/h4-9,12-17,19-20,30-31H,10-11,18,21-29,32-33H2,1-3H3,(H,45,47);1H. The Morgan fingerprint density at radius 2 is 1.46 bits per heavy atom. The first-order valence-corrected chi connectivity index (χ1v) is 18.6. The van der Waals surface area contributed by atoms with Gasteiger partial charge in [0.1, 0.15) is 5.75 Å². The molecule has 0 aromatic heterocycles. The van der Waals surface area contributed by atoms with Crippen molar-refractivity contribution in [3.8, 4) is 17.2 Å². The van der Waals surface area contributed by atoms with E-state index in [1.807, 2.05) is 24.3 Å². The topological polar surface area (TPSA) is 69.3 Å². The molecular weight excluding hydrogens is 672 g/mol. The number of carbonyl (C=O) groups is 1. The number of benzene rings is 4. The van der Waals surface area contributed by atoms with Crippen LogP contribution in [0.3, 0.4) is 0 Å². The van der Waals surface area contributed by atoms with Crippen molar-refractivity contribution < 1.29 is 23.7 Å². The van der Waals surface area contributed by atoms with E-state index in [9.17, 15) is 4.79 Å². The van der Waals surface area contributed by atoms with Crippen molar-refractivity contribution in [3.63, 3.8) is 0 Å². The maximum atomic E-state index is 12.9. The zero-order valence-electron chi connectivity index (χ0n) is 31.0. The number of nitrogens with one attached hydrogen (secondary N) is 1. The van der Waals surface area contributed by atoms with Crippen molar-refractivity contribution in [1.29, 1.82) is 0 Å². The second-order valence-electron chi connectivity index (χ2n) is 14.1. The molecule has 4 aromatic carbocycles. The molecule has 2 aliphatic rings. The lowest BCUT2D eigenvalue weighted by molar-refractivity contribution is -0.121. The molecule has 0 bridgehead atoms. The van der Waals surface area contributed by atoms with E-state index in [0.29, 0.717) is 19.4 Å². The molecular formula is C44H55ClN2O5. The van der Waals surface area contributed by atoms with Crippen LogP contribution >= 0.6 is 12.4 Å². The molecule has 1 fully saturated rings. The van der Waals surface area contributed by atoms with Gasteiger partial charge in [-0.15, -0.1) is 12.4 Å². The third kappa shape index (κ3) is 9.11. The lowest BCUT2D eigenvalue weighted by Gasteiger charge is -2.50. The van der Waals surface area contributed by atoms with E-state index < -0.39 is 0 Å². The molecule has 1 amide bonds. The number of morpholine rings is 1. The number of hydrogen-bond acceptors (Lipinski definition) is 6. The Morgan fingerprint density at radius 3 is 2.10 bits per heavy atom. The van der Waals surface area contributed by atoms with Gasteiger partial charge in [0.05, 0.1) is 34.5 Å². The van der Waals surface area contributed by atoms with Crippen molar-refractivity contribution in [2.24, 2.45) is 0 Å². The van der Waals surface area contributed by atoms with E-state index >= 15 is 0 Å². The first-order chi connectivity index (χ1) is 25.0. The van der Waals surface area contributed by atoms with E-state index in [-0.39, 0.29) is 29.3 Å². The monoisotopic (exact) mass is 726 g/mol. The Labute approximate surface area is 316 Å². The van der Waals surface area contributed by atoms with Crippen LogP contribution < -0.4 is 19.5 Å². The number of carbonyl (C=O) groups excluding carboxylic acids is 1. The van der Waals surface area contributed by atoms with Gasteiger partial charge in [-0.2, -0.15) is 0 Å². The number of fused-ring (bicyclic) bond motifs is 1. The van der Waals surface area contributed by atoms with Gasteiger partial charge in [0.15, 0.2) is 11.5 Å². The summed E-state index contributed by atoms with van der Waals surface area (Å²) in [6.45, 7) is 4.12. The Morgan fingerprint density at radius 1 is 0.827 bits per heavy atom. The molecule has 1 atom stereocenters. The van der Waals surface area contributed by atoms with Crippen LogP contribution in [0.2, 0.25) is 0 Å². The van der Waals surface area contributed by atoms with Crippen LogP contribution in [-0.4, -0.2) is 70.5 Å². The number of nitrogens with zero attached hydrogens (tertiary/aromatic N) is 1. The van der Waals surface area contributed by atoms with Crippen molar-refractivity contribution in [3.05, 3.63) is 125 Å². The fourth-order valence-corrected chi connectivity index (χ4v) is 8.39. The van der Waals surface area contributed by atoms with E-state index in [0.717, 1.165) is 94.1 Å². The molecule has 1 aliphatic heterocycles. The number of amides is 1. The minimum Gasteiger partial charge on any atom is -0.497 e. The third-order valence-electron chi connectivity index (χ3n) is 11.2. The summed E-state index contributed by atoms with van der Waals surface area (Å²) in [6.07, 6.45) is 8.11. The summed E-state index contributed by atoms with van der Waals surface area (Å²) in [4.78, 5) is 15.6. The van der Waals surface area contributed by atoms with Gasteiger partial charge >= 0.3 is 0 Å². The van der Waals surface area contributed by atoms with Gasteiger partial charge in [-0.3, -0.25) is 9.69 Å². The van der Waals surface area contributed by atoms with Gasteiger partial charge in [-0.05, 0) is 110 Å². The molecule has 7 nitrogen and oxygen atoms in total. The highest BCUT2D eigenvalue weighted by atomic mass is 35.5. The van der Waals surface area contributed by atoms with E-state index in [1.165, 1.54) is 22.3 Å². The fourth-order valence-electron chi connectivity index (χ4n) is 8.39. The van der Waals surface area contributed by atoms with Crippen molar-refractivity contribution in [2.75, 3.05) is 54.2 Å². The Hall–Kier alpha value is -4.04. The highest BCUT2D eigenvalue weighted by Gasteiger charge is 2.43. The summed E-state index contributed by atoms with van der Waals surface area (Å²) < 4.78 is 22.8. The second-order valence-corrected chi connectivity index (χ2v) is 14.1. The first-order valence-electron chi connectivity index (χ1n) is 18.6. The normalized spacial score (nSPS) is 17.1. The molecule has 1 aliphatic carbocycles. The van der Waals surface area contributed by atoms with E-state index in [2.05, 4.69) is 83.0 Å². The first kappa shape index (κ1) is 39.2. The zero-order valence-corrected chi connectivity index (χ0v) is 31.9. The number of methoxy groups -OCH3 is 3. The quantitative estimate of drug-likeness (QED) is 0.118. The minimum atomic E-state index is -0.168. The van der Waals surface area contributed by atoms with Crippen LogP contribution in [0.15, 0.2) is 97.1 Å². The van der Waals surface area contributed by atoms with Crippen LogP contribution in [-0.2, 0) is 34.2 Å². The molecule has 0 saturated carbocycles. The van der Waals surface area contributed by atoms with Crippen LogP contribution in [0, 0.1) is 0 Å². The maximum absolute atomic E-state index is 12.9. The van der Waals surface area contributed by atoms with Crippen LogP contribution in [0.25, 0.3) is 0 Å². The van der Waals surface area contributed by atoms with Crippen LogP contribution in [0.4, 0.5) is 0 Å². The average Bonchev–Trinajstić information content (AvgIpc) is 3.19. The van der Waals surface area contributed by atoms with E-state index in [1.54, 1.807) is 21.3 Å². The minimum absolute atomic E-state index is 0. The Bertz CT molecular complexity index is 1660. The lowest BCUT2D eigenvalue weighted by Crippen LogP contribution is -2.59. The highest BCUT2D eigenvalue weighted by Crippen LogP contribution is 2.43. The third-order valence-corrected chi connectivity index (χ3v) is 11.2. The second kappa shape index (κ2) is 18.6. The molecule has 1 spiro atoms. The SMILES string of the molecule is COc1ccc(CCC(=O)NCCCC(CCCN2CCOCC23CCc2cc(OC)c(OC)cc2C3)(c2ccccc2)c2ccccc2)cc1.Cl. The van der Waals surface area contributed by atoms with Crippen molar-refractivity contribution in [2.45, 2.75) is 68.7 Å². The van der Waals surface area contributed by atoms with Crippen molar-refractivity contribution >= 4 is 18.3 Å². The molecule has 1 unspecified atom stereocenters. The average molecular weight is 727 g/mol. The maximum Gasteiger partial charge on any atom is 0.220 e. The summed E-state index contributed by atoms with van der Waals surface area (Å²) in [7, 11) is 5.08. The molecule has 52 heavy (non-hydrogen) atoms. The van der Waals surface area contributed by atoms with Gasteiger partial charge in [0, 0.05) is 30.5 Å². The number of halogens is 1. The van der Waals surface area contributed by atoms with Gasteiger partial charge in [-0.1, -0.05) is 72.8 Å². The fraction of sp³-hybridized carbons (Fsp3) is 0.432. The molecule has 6 rings (SSSR count). The highest BCUT2D eigenvalue weighted by molar-refractivity contribution is 5.85. The molecule has 0 radical (unpaired) electrons. The zero-order chi connectivity index (χ0) is 35.5. The largest absolute Gasteiger partial charge is 0.497 e. The molecule has 1 N–H and O–H groups in total. The summed E-state index contributed by atoms with van der Waals surface area (Å²) in [5.41, 5.74) is 6.31.